The summed E-state index contributed by atoms with van der Waals surface area (Å²) in [6, 6.07) is 0.110. The lowest BCUT2D eigenvalue weighted by molar-refractivity contribution is 0.436. The van der Waals surface area contributed by atoms with Gasteiger partial charge in [-0.3, -0.25) is 0 Å². The first-order chi connectivity index (χ1) is 8.74. The number of anilines is 1. The van der Waals surface area contributed by atoms with Crippen LogP contribution in [-0.4, -0.2) is 44.1 Å². The Morgan fingerprint density at radius 2 is 2.06 bits per heavy atom. The van der Waals surface area contributed by atoms with Crippen molar-refractivity contribution in [3.63, 3.8) is 0 Å². The van der Waals surface area contributed by atoms with Crippen molar-refractivity contribution in [1.82, 2.24) is 25.0 Å². The van der Waals surface area contributed by atoms with E-state index in [1.54, 1.807) is 23.3 Å². The minimum atomic E-state index is -0.000975. The van der Waals surface area contributed by atoms with Crippen LogP contribution in [0.25, 0.3) is 0 Å². The maximum Gasteiger partial charge on any atom is 0.225 e. The highest BCUT2D eigenvalue weighted by Gasteiger charge is 2.33. The highest BCUT2D eigenvalue weighted by Crippen LogP contribution is 2.23. The lowest BCUT2D eigenvalue weighted by Gasteiger charge is -2.15. The molecule has 2 aromatic heterocycles. The first-order valence-corrected chi connectivity index (χ1v) is 6.37. The molecule has 0 unspecified atom stereocenters. The molecule has 3 rings (SSSR count). The van der Waals surface area contributed by atoms with E-state index in [1.807, 2.05) is 6.20 Å². The normalized spacial score (nSPS) is 23.6. The average molecular weight is 310 g/mol. The molecule has 0 radical (unpaired) electrons. The van der Waals surface area contributed by atoms with E-state index in [4.69, 9.17) is 5.73 Å². The van der Waals surface area contributed by atoms with Gasteiger partial charge in [0, 0.05) is 37.7 Å². The molecule has 3 heterocycles. The van der Waals surface area contributed by atoms with Crippen LogP contribution in [0.2, 0.25) is 0 Å². The number of nitrogens with zero attached hydrogens (tertiary/aromatic N) is 6. The molecule has 1 aliphatic rings. The fraction of sp³-hybridized carbons (Fsp3) is 0.400. The van der Waals surface area contributed by atoms with Gasteiger partial charge in [-0.15, -0.1) is 5.10 Å². The molecule has 2 atom stereocenters. The second-order valence-electron chi connectivity index (χ2n) is 4.22. The number of hydrogen-bond acceptors (Lipinski definition) is 6. The van der Waals surface area contributed by atoms with E-state index in [9.17, 15) is 0 Å². The van der Waals surface area contributed by atoms with Crippen LogP contribution in [0.5, 0.6) is 0 Å². The number of nitrogens with two attached hydrogens (primary N) is 1. The molecule has 2 aromatic rings. The number of rotatable bonds is 2. The standard InChI is InChI=1S/C10H12BrN7/c11-7-3-13-10(14-4-7)17-5-8(12)9(6-17)18-2-1-15-16-18/h1-4,8-9H,5-6,12H2/t8-,9+/m1/s1. The molecule has 8 heteroatoms. The molecule has 1 aliphatic heterocycles. The molecule has 1 saturated heterocycles. The molecule has 0 saturated carbocycles. The Morgan fingerprint density at radius 3 is 2.72 bits per heavy atom. The SMILES string of the molecule is N[C@@H]1CN(c2ncc(Br)cn2)C[C@@H]1n1ccnn1. The van der Waals surface area contributed by atoms with Gasteiger partial charge in [-0.2, -0.15) is 0 Å². The van der Waals surface area contributed by atoms with E-state index in [0.29, 0.717) is 12.5 Å². The minimum Gasteiger partial charge on any atom is -0.337 e. The van der Waals surface area contributed by atoms with Crippen LogP contribution in [0.4, 0.5) is 5.95 Å². The fourth-order valence-electron chi connectivity index (χ4n) is 2.12. The fourth-order valence-corrected chi connectivity index (χ4v) is 2.32. The Morgan fingerprint density at radius 1 is 1.28 bits per heavy atom. The summed E-state index contributed by atoms with van der Waals surface area (Å²) in [7, 11) is 0. The van der Waals surface area contributed by atoms with Crippen LogP contribution in [0.1, 0.15) is 6.04 Å². The molecule has 0 aromatic carbocycles. The Labute approximate surface area is 112 Å². The van der Waals surface area contributed by atoms with Crippen molar-refractivity contribution in [3.8, 4) is 0 Å². The van der Waals surface area contributed by atoms with E-state index < -0.39 is 0 Å². The first kappa shape index (κ1) is 11.5. The number of aromatic nitrogens is 5. The smallest absolute Gasteiger partial charge is 0.225 e. The largest absolute Gasteiger partial charge is 0.337 e. The van der Waals surface area contributed by atoms with Crippen LogP contribution in [0, 0.1) is 0 Å². The molecule has 0 amide bonds. The van der Waals surface area contributed by atoms with Gasteiger partial charge >= 0.3 is 0 Å². The van der Waals surface area contributed by atoms with Gasteiger partial charge in [0.15, 0.2) is 0 Å². The third-order valence-electron chi connectivity index (χ3n) is 3.00. The summed E-state index contributed by atoms with van der Waals surface area (Å²) in [6.07, 6.45) is 6.95. The van der Waals surface area contributed by atoms with Crippen LogP contribution < -0.4 is 10.6 Å². The third kappa shape index (κ3) is 2.08. The van der Waals surface area contributed by atoms with E-state index >= 15 is 0 Å². The molecule has 2 N–H and O–H groups in total. The molecule has 0 bridgehead atoms. The summed E-state index contributed by atoms with van der Waals surface area (Å²) >= 11 is 3.32. The van der Waals surface area contributed by atoms with E-state index in [0.717, 1.165) is 11.0 Å². The maximum atomic E-state index is 6.13. The first-order valence-electron chi connectivity index (χ1n) is 5.58. The highest BCUT2D eigenvalue weighted by molar-refractivity contribution is 9.10. The predicted molar refractivity (Wildman–Crippen MR) is 69.0 cm³/mol. The van der Waals surface area contributed by atoms with Crippen molar-refractivity contribution >= 4 is 21.9 Å². The van der Waals surface area contributed by atoms with Crippen LogP contribution >= 0.6 is 15.9 Å². The molecule has 0 spiro atoms. The van der Waals surface area contributed by atoms with Gasteiger partial charge in [0.05, 0.1) is 16.7 Å². The van der Waals surface area contributed by atoms with Crippen molar-refractivity contribution in [2.45, 2.75) is 12.1 Å². The summed E-state index contributed by atoms with van der Waals surface area (Å²) in [5.74, 6) is 0.691. The van der Waals surface area contributed by atoms with Crippen molar-refractivity contribution in [2.75, 3.05) is 18.0 Å². The molecular weight excluding hydrogens is 298 g/mol. The van der Waals surface area contributed by atoms with Crippen molar-refractivity contribution in [3.05, 3.63) is 29.3 Å². The molecule has 94 valence electrons. The number of hydrogen-bond donors (Lipinski definition) is 1. The van der Waals surface area contributed by atoms with Gasteiger partial charge in [0.2, 0.25) is 5.95 Å². The second-order valence-corrected chi connectivity index (χ2v) is 5.14. The Balaban J connectivity index is 1.79. The highest BCUT2D eigenvalue weighted by atomic mass is 79.9. The maximum absolute atomic E-state index is 6.13. The topological polar surface area (TPSA) is 85.8 Å². The van der Waals surface area contributed by atoms with Gasteiger partial charge in [0.25, 0.3) is 0 Å². The summed E-state index contributed by atoms with van der Waals surface area (Å²) < 4.78 is 2.66. The Bertz CT molecular complexity index is 512. The molecule has 1 fully saturated rings. The Hall–Kier alpha value is -1.54. The van der Waals surface area contributed by atoms with Crippen LogP contribution in [-0.2, 0) is 0 Å². The van der Waals surface area contributed by atoms with E-state index in [-0.39, 0.29) is 12.1 Å². The van der Waals surface area contributed by atoms with E-state index in [2.05, 4.69) is 41.1 Å². The number of halogens is 1. The van der Waals surface area contributed by atoms with Gasteiger partial charge in [-0.05, 0) is 15.9 Å². The Kier molecular flexibility index (Phi) is 2.96. The summed E-state index contributed by atoms with van der Waals surface area (Å²) in [4.78, 5) is 10.6. The van der Waals surface area contributed by atoms with Gasteiger partial charge in [-0.1, -0.05) is 5.21 Å². The molecular formula is C10H12BrN7. The summed E-state index contributed by atoms with van der Waals surface area (Å²) in [5, 5.41) is 7.81. The third-order valence-corrected chi connectivity index (χ3v) is 3.41. The van der Waals surface area contributed by atoms with Crippen LogP contribution in [0.3, 0.4) is 0 Å². The second kappa shape index (κ2) is 4.62. The predicted octanol–water partition coefficient (Wildman–Crippen LogP) is 0.219. The lowest BCUT2D eigenvalue weighted by atomic mass is 10.2. The zero-order chi connectivity index (χ0) is 12.5. The minimum absolute atomic E-state index is 0.000975. The molecule has 7 nitrogen and oxygen atoms in total. The average Bonchev–Trinajstić information content (AvgIpc) is 2.99. The van der Waals surface area contributed by atoms with Crippen molar-refractivity contribution in [2.24, 2.45) is 5.73 Å². The summed E-state index contributed by atoms with van der Waals surface area (Å²) in [6.45, 7) is 1.46. The van der Waals surface area contributed by atoms with Crippen molar-refractivity contribution < 1.29 is 0 Å². The molecule has 0 aliphatic carbocycles. The van der Waals surface area contributed by atoms with E-state index in [1.165, 1.54) is 0 Å². The monoisotopic (exact) mass is 309 g/mol. The summed E-state index contributed by atoms with van der Waals surface area (Å²) in [5.41, 5.74) is 6.13. The quantitative estimate of drug-likeness (QED) is 0.854. The van der Waals surface area contributed by atoms with Crippen molar-refractivity contribution in [1.29, 1.82) is 0 Å². The zero-order valence-electron chi connectivity index (χ0n) is 9.52. The zero-order valence-corrected chi connectivity index (χ0v) is 11.1. The van der Waals surface area contributed by atoms with Gasteiger partial charge in [0.1, 0.15) is 0 Å². The van der Waals surface area contributed by atoms with Crippen LogP contribution in [0.15, 0.2) is 29.3 Å². The molecule has 18 heavy (non-hydrogen) atoms. The lowest BCUT2D eigenvalue weighted by Crippen LogP contribution is -2.31. The van der Waals surface area contributed by atoms with Gasteiger partial charge < -0.3 is 10.6 Å². The van der Waals surface area contributed by atoms with Gasteiger partial charge in [-0.25, -0.2) is 14.6 Å².